The molecule has 2 saturated heterocycles. The van der Waals surface area contributed by atoms with Crippen molar-refractivity contribution >= 4 is 68.1 Å². The molecule has 2 amide bonds. The molecular weight excluding hydrogens is 873 g/mol. The first-order valence-corrected chi connectivity index (χ1v) is 20.7. The Labute approximate surface area is 372 Å². The molecule has 22 heteroatoms. The van der Waals surface area contributed by atoms with Crippen LogP contribution < -0.4 is 42.2 Å². The molecule has 66 heavy (non-hydrogen) atoms. The van der Waals surface area contributed by atoms with Crippen molar-refractivity contribution < 1.29 is 55.6 Å². The monoisotopic (exact) mass is 914 g/mol. The normalized spacial score (nSPS) is 19.5. The first-order valence-electron chi connectivity index (χ1n) is 20.7. The molecule has 0 radical (unpaired) electrons. The van der Waals surface area contributed by atoms with E-state index in [9.17, 15) is 18.4 Å². The predicted molar refractivity (Wildman–Crippen MR) is 235 cm³/mol. The van der Waals surface area contributed by atoms with Crippen LogP contribution in [0.5, 0.6) is 11.8 Å². The number of benzene rings is 2. The van der Waals surface area contributed by atoms with Crippen LogP contribution in [0.4, 0.5) is 61.5 Å². The smallest absolute Gasteiger partial charge is 0.413 e. The second-order valence-corrected chi connectivity index (χ2v) is 15.6. The second-order valence-electron chi connectivity index (χ2n) is 15.6. The molecule has 4 aliphatic heterocycles. The third-order valence-electron chi connectivity index (χ3n) is 11.4. The summed E-state index contributed by atoms with van der Waals surface area (Å²) < 4.78 is 88.7. The zero-order valence-corrected chi connectivity index (χ0v) is 35.3. The molecule has 0 spiro atoms. The minimum atomic E-state index is -1.38. The van der Waals surface area contributed by atoms with Crippen molar-refractivity contribution in [2.75, 3.05) is 85.5 Å². The topological polar surface area (TPSA) is 241 Å². The average molecular weight is 915 g/mol. The van der Waals surface area contributed by atoms with E-state index in [1.54, 1.807) is 24.5 Å². The van der Waals surface area contributed by atoms with Gasteiger partial charge in [0.25, 0.3) is 0 Å². The molecule has 8 heterocycles. The fourth-order valence-corrected chi connectivity index (χ4v) is 7.88. The summed E-state index contributed by atoms with van der Waals surface area (Å²) in [5.74, 6) is 0.0359. The number of anilines is 6. The summed E-state index contributed by atoms with van der Waals surface area (Å²) in [6.07, 6.45) is -0.629. The van der Waals surface area contributed by atoms with E-state index < -0.39 is 48.4 Å². The van der Waals surface area contributed by atoms with Crippen LogP contribution in [0.2, 0.25) is 0 Å². The average Bonchev–Trinajstić information content (AvgIpc) is 3.92. The summed E-state index contributed by atoms with van der Waals surface area (Å²) >= 11 is 0. The van der Waals surface area contributed by atoms with Gasteiger partial charge in [0.15, 0.2) is 36.2 Å². The molecule has 6 aromatic rings. The minimum Gasteiger partial charge on any atom is -0.474 e. The fraction of sp³-hybridized carbons (Fsp3) is 0.318. The van der Waals surface area contributed by atoms with Gasteiger partial charge >= 0.3 is 12.2 Å². The number of aromatic nitrogens is 4. The molecule has 8 N–H and O–H groups in total. The molecule has 18 nitrogen and oxygen atoms in total. The molecular formula is C44H42F4N10O8. The van der Waals surface area contributed by atoms with Crippen LogP contribution >= 0.6 is 0 Å². The molecule has 2 aromatic carbocycles. The Morgan fingerprint density at radius 2 is 1.06 bits per heavy atom. The Bertz CT molecular complexity index is 2700. The van der Waals surface area contributed by atoms with E-state index >= 15 is 8.78 Å². The van der Waals surface area contributed by atoms with Crippen LogP contribution in [0.15, 0.2) is 49.1 Å². The maximum absolute atomic E-state index is 15.2. The standard InChI is InChI=1S/2C22H21F2N5O4/c2*1-10-13(6-28-21-20(10)26-2-3-32-21)12-4-11-5-17(27-7-14(11)19(25)18(12)24)29-22(30)33-16-9-31-8-15(16)23/h2*4-7,15-16,26H,2-3,8-9,25H2,1H3,(H,27,29,30)/t2*15-,16-/m10/s1. The first kappa shape index (κ1) is 43.8. The van der Waals surface area contributed by atoms with E-state index in [1.807, 2.05) is 13.8 Å². The van der Waals surface area contributed by atoms with Crippen LogP contribution in [0.1, 0.15) is 11.1 Å². The number of fused-ring (bicyclic) bond motifs is 4. The van der Waals surface area contributed by atoms with Crippen molar-refractivity contribution in [2.24, 2.45) is 0 Å². The number of rotatable bonds is 6. The largest absolute Gasteiger partial charge is 0.474 e. The number of nitrogens with zero attached hydrogens (tertiary/aromatic N) is 4. The SMILES string of the molecule is Cc1c(-c2cc3cc(NC(=O)O[C@@H]4COC[C@H]4F)ncc3c(N)c2F)cnc2c1NCCO2.Cc1c(-c2cc3cc(NC(=O)O[C@H]4COC[C@@H]4F)ncc3c(N)c2F)cnc2c1NCCO2. The summed E-state index contributed by atoms with van der Waals surface area (Å²) in [5, 5.41) is 13.2. The molecule has 4 aliphatic rings. The number of carbonyl (C=O) groups is 2. The molecule has 344 valence electrons. The number of nitrogens with one attached hydrogen (secondary N) is 4. The van der Waals surface area contributed by atoms with E-state index in [1.165, 1.54) is 24.5 Å². The van der Waals surface area contributed by atoms with E-state index in [2.05, 4.69) is 41.2 Å². The Morgan fingerprint density at radius 3 is 1.45 bits per heavy atom. The van der Waals surface area contributed by atoms with Gasteiger partial charge in [0, 0.05) is 70.9 Å². The van der Waals surface area contributed by atoms with Crippen molar-refractivity contribution in [3.8, 4) is 34.0 Å². The number of halogens is 4. The highest BCUT2D eigenvalue weighted by Crippen LogP contribution is 2.41. The van der Waals surface area contributed by atoms with Gasteiger partial charge in [0.05, 0.1) is 37.8 Å². The highest BCUT2D eigenvalue weighted by molar-refractivity contribution is 6.01. The summed E-state index contributed by atoms with van der Waals surface area (Å²) in [6, 6.07) is 6.30. The third-order valence-corrected chi connectivity index (χ3v) is 11.4. The van der Waals surface area contributed by atoms with Gasteiger partial charge in [0.1, 0.15) is 36.2 Å². The van der Waals surface area contributed by atoms with Gasteiger partial charge < -0.3 is 50.5 Å². The van der Waals surface area contributed by atoms with E-state index in [0.29, 0.717) is 82.1 Å². The van der Waals surface area contributed by atoms with Gasteiger partial charge in [-0.1, -0.05) is 0 Å². The number of hydrogen-bond donors (Lipinski definition) is 6. The lowest BCUT2D eigenvalue weighted by Gasteiger charge is -2.22. The molecule has 4 aromatic heterocycles. The lowest BCUT2D eigenvalue weighted by molar-refractivity contribution is 0.0728. The highest BCUT2D eigenvalue weighted by Gasteiger charge is 2.33. The zero-order valence-electron chi connectivity index (χ0n) is 35.3. The Balaban J connectivity index is 0.000000166. The van der Waals surface area contributed by atoms with Crippen molar-refractivity contribution in [1.82, 2.24) is 19.9 Å². The van der Waals surface area contributed by atoms with Crippen molar-refractivity contribution in [1.29, 1.82) is 0 Å². The number of alkyl halides is 2. The van der Waals surface area contributed by atoms with Crippen LogP contribution in [0, 0.1) is 25.5 Å². The number of pyridine rings is 4. The molecule has 2 fully saturated rings. The Kier molecular flexibility index (Phi) is 12.1. The highest BCUT2D eigenvalue weighted by atomic mass is 19.1. The van der Waals surface area contributed by atoms with Gasteiger partial charge in [0.2, 0.25) is 11.8 Å². The van der Waals surface area contributed by atoms with Crippen LogP contribution in [-0.4, -0.2) is 109 Å². The van der Waals surface area contributed by atoms with Gasteiger partial charge in [-0.2, -0.15) is 0 Å². The molecule has 0 unspecified atom stereocenters. The van der Waals surface area contributed by atoms with Gasteiger partial charge in [-0.05, 0) is 60.0 Å². The van der Waals surface area contributed by atoms with Crippen molar-refractivity contribution in [3.05, 3.63) is 71.8 Å². The zero-order chi connectivity index (χ0) is 46.2. The summed E-state index contributed by atoms with van der Waals surface area (Å²) in [5.41, 5.74) is 16.6. The number of nitrogen functional groups attached to an aromatic ring is 2. The third kappa shape index (κ3) is 8.58. The lowest BCUT2D eigenvalue weighted by Crippen LogP contribution is -2.29. The van der Waals surface area contributed by atoms with E-state index in [0.717, 1.165) is 11.1 Å². The Morgan fingerprint density at radius 1 is 0.636 bits per heavy atom. The number of hydrogen-bond acceptors (Lipinski definition) is 16. The van der Waals surface area contributed by atoms with Crippen molar-refractivity contribution in [2.45, 2.75) is 38.4 Å². The summed E-state index contributed by atoms with van der Waals surface area (Å²) in [4.78, 5) is 41.1. The van der Waals surface area contributed by atoms with Gasteiger partial charge in [-0.3, -0.25) is 10.6 Å². The molecule has 0 aliphatic carbocycles. The summed E-state index contributed by atoms with van der Waals surface area (Å²) in [6.45, 7) is 5.69. The second kappa shape index (κ2) is 18.2. The minimum absolute atomic E-state index is 0.00698. The first-order chi connectivity index (χ1) is 31.8. The molecule has 10 rings (SSSR count). The molecule has 0 saturated carbocycles. The quantitative estimate of drug-likeness (QED) is 0.0741. The number of carbonyl (C=O) groups excluding carboxylic acids is 2. The van der Waals surface area contributed by atoms with Gasteiger partial charge in [-0.25, -0.2) is 47.1 Å². The Hall–Kier alpha value is -7.46. The number of nitrogens with two attached hydrogens (primary N) is 2. The predicted octanol–water partition coefficient (Wildman–Crippen LogP) is 6.83. The van der Waals surface area contributed by atoms with Crippen molar-refractivity contribution in [3.63, 3.8) is 0 Å². The van der Waals surface area contributed by atoms with Gasteiger partial charge in [-0.15, -0.1) is 0 Å². The molecule has 0 bridgehead atoms. The number of amides is 2. The van der Waals surface area contributed by atoms with Crippen LogP contribution in [-0.2, 0) is 18.9 Å². The van der Waals surface area contributed by atoms with Crippen LogP contribution in [0.3, 0.4) is 0 Å². The van der Waals surface area contributed by atoms with E-state index in [4.69, 9.17) is 39.9 Å². The van der Waals surface area contributed by atoms with Crippen LogP contribution in [0.25, 0.3) is 43.8 Å². The maximum Gasteiger partial charge on any atom is 0.413 e. The van der Waals surface area contributed by atoms with E-state index in [-0.39, 0.29) is 60.6 Å². The number of ether oxygens (including phenoxy) is 6. The summed E-state index contributed by atoms with van der Waals surface area (Å²) in [7, 11) is 0. The lowest BCUT2D eigenvalue weighted by atomic mass is 9.97. The fourth-order valence-electron chi connectivity index (χ4n) is 7.88. The maximum atomic E-state index is 15.2. The molecule has 4 atom stereocenters.